The summed E-state index contributed by atoms with van der Waals surface area (Å²) in [6, 6.07) is 0.322. The van der Waals surface area contributed by atoms with Gasteiger partial charge in [-0.15, -0.1) is 0 Å². The van der Waals surface area contributed by atoms with Crippen LogP contribution in [0.1, 0.15) is 40.0 Å². The van der Waals surface area contributed by atoms with Crippen molar-refractivity contribution in [3.63, 3.8) is 0 Å². The van der Waals surface area contributed by atoms with Crippen molar-refractivity contribution >= 4 is 18.8 Å². The maximum absolute atomic E-state index is 5.37. The van der Waals surface area contributed by atoms with Crippen LogP contribution in [-0.4, -0.2) is 17.5 Å². The second-order valence-electron chi connectivity index (χ2n) is 3.52. The Labute approximate surface area is 93.1 Å². The highest BCUT2D eigenvalue weighted by molar-refractivity contribution is 7.81. The molecule has 0 radical (unpaired) electrons. The second kappa shape index (κ2) is 7.92. The van der Waals surface area contributed by atoms with Crippen molar-refractivity contribution in [1.29, 1.82) is 0 Å². The molecule has 0 aliphatic rings. The molecule has 2 nitrogen and oxygen atoms in total. The Balaban J connectivity index is 4.28. The summed E-state index contributed by atoms with van der Waals surface area (Å²) in [6.45, 7) is 6.26. The van der Waals surface area contributed by atoms with E-state index >= 15 is 0 Å². The second-order valence-corrected chi connectivity index (χ2v) is 4.18. The first kappa shape index (κ1) is 13.6. The van der Waals surface area contributed by atoms with Crippen LogP contribution in [0.2, 0.25) is 0 Å². The fourth-order valence-electron chi connectivity index (χ4n) is 1.19. The number of allylic oxidation sites excluding steroid dienone is 1. The van der Waals surface area contributed by atoms with Gasteiger partial charge in [0, 0.05) is 11.5 Å². The average Bonchev–Trinajstić information content (AvgIpc) is 2.22. The molecule has 2 unspecified atom stereocenters. The van der Waals surface area contributed by atoms with E-state index in [2.05, 4.69) is 31.5 Å². The number of thiol groups is 1. The fourth-order valence-corrected chi connectivity index (χ4v) is 1.42. The molecule has 0 aliphatic carbocycles. The van der Waals surface area contributed by atoms with Gasteiger partial charge in [0.25, 0.3) is 0 Å². The maximum atomic E-state index is 5.37. The van der Waals surface area contributed by atoms with Crippen molar-refractivity contribution in [2.45, 2.75) is 51.3 Å². The minimum Gasteiger partial charge on any atom is -0.404 e. The lowest BCUT2D eigenvalue weighted by Crippen LogP contribution is -2.18. The van der Waals surface area contributed by atoms with E-state index in [1.54, 1.807) is 6.20 Å². The van der Waals surface area contributed by atoms with Gasteiger partial charge in [-0.3, -0.25) is 4.99 Å². The van der Waals surface area contributed by atoms with Crippen molar-refractivity contribution in [3.8, 4) is 0 Å². The third-order valence-electron chi connectivity index (χ3n) is 2.18. The van der Waals surface area contributed by atoms with Crippen LogP contribution in [0.3, 0.4) is 0 Å². The van der Waals surface area contributed by atoms with Gasteiger partial charge in [-0.2, -0.15) is 12.6 Å². The van der Waals surface area contributed by atoms with Gasteiger partial charge in [-0.1, -0.05) is 20.3 Å². The van der Waals surface area contributed by atoms with E-state index < -0.39 is 0 Å². The van der Waals surface area contributed by atoms with Crippen LogP contribution in [0, 0.1) is 0 Å². The van der Waals surface area contributed by atoms with Crippen LogP contribution in [0.4, 0.5) is 0 Å². The normalized spacial score (nSPS) is 17.3. The SMILES string of the molecule is CCCC(N=CC(C)=CN)C(S)CC. The molecular formula is C11H22N2S. The molecule has 0 aromatic carbocycles. The lowest BCUT2D eigenvalue weighted by atomic mass is 10.1. The van der Waals surface area contributed by atoms with Crippen molar-refractivity contribution < 1.29 is 0 Å². The fraction of sp³-hybridized carbons (Fsp3) is 0.727. The summed E-state index contributed by atoms with van der Waals surface area (Å²) in [4.78, 5) is 4.51. The third-order valence-corrected chi connectivity index (χ3v) is 2.89. The van der Waals surface area contributed by atoms with Crippen LogP contribution < -0.4 is 5.73 Å². The predicted molar refractivity (Wildman–Crippen MR) is 68.2 cm³/mol. The smallest absolute Gasteiger partial charge is 0.0615 e. The third kappa shape index (κ3) is 5.32. The Morgan fingerprint density at radius 1 is 1.50 bits per heavy atom. The monoisotopic (exact) mass is 214 g/mol. The van der Waals surface area contributed by atoms with E-state index in [9.17, 15) is 0 Å². The van der Waals surface area contributed by atoms with Crippen LogP contribution >= 0.6 is 12.6 Å². The summed E-state index contributed by atoms with van der Waals surface area (Å²) in [5.74, 6) is 0. The maximum Gasteiger partial charge on any atom is 0.0615 e. The highest BCUT2D eigenvalue weighted by Crippen LogP contribution is 2.15. The minimum absolute atomic E-state index is 0.322. The molecule has 0 aromatic heterocycles. The molecule has 0 fully saturated rings. The first-order valence-corrected chi connectivity index (χ1v) is 5.77. The number of rotatable bonds is 6. The molecule has 0 bridgehead atoms. The largest absolute Gasteiger partial charge is 0.404 e. The summed E-state index contributed by atoms with van der Waals surface area (Å²) >= 11 is 4.53. The zero-order chi connectivity index (χ0) is 11.0. The molecule has 14 heavy (non-hydrogen) atoms. The van der Waals surface area contributed by atoms with Gasteiger partial charge < -0.3 is 5.73 Å². The van der Waals surface area contributed by atoms with Crippen LogP contribution in [-0.2, 0) is 0 Å². The standard InChI is InChI=1S/C11H22N2S/c1-4-6-10(11(14)5-2)13-8-9(3)7-12/h7-8,10-11,14H,4-6,12H2,1-3H3. The highest BCUT2D eigenvalue weighted by Gasteiger charge is 2.13. The summed E-state index contributed by atoms with van der Waals surface area (Å²) < 4.78 is 0. The molecule has 2 atom stereocenters. The van der Waals surface area contributed by atoms with E-state index in [1.807, 2.05) is 13.1 Å². The Kier molecular flexibility index (Phi) is 7.67. The molecule has 0 aliphatic heterocycles. The van der Waals surface area contributed by atoms with Gasteiger partial charge >= 0.3 is 0 Å². The van der Waals surface area contributed by atoms with Crippen molar-refractivity contribution in [2.75, 3.05) is 0 Å². The van der Waals surface area contributed by atoms with Crippen LogP contribution in [0.5, 0.6) is 0 Å². The number of hydrogen-bond donors (Lipinski definition) is 2. The zero-order valence-corrected chi connectivity index (χ0v) is 10.3. The van der Waals surface area contributed by atoms with E-state index in [4.69, 9.17) is 5.73 Å². The van der Waals surface area contributed by atoms with Gasteiger partial charge in [0.1, 0.15) is 0 Å². The first-order chi connectivity index (χ1) is 6.65. The minimum atomic E-state index is 0.322. The Morgan fingerprint density at radius 3 is 2.57 bits per heavy atom. The van der Waals surface area contributed by atoms with Gasteiger partial charge in [0.05, 0.1) is 6.04 Å². The molecule has 2 N–H and O–H groups in total. The average molecular weight is 214 g/mol. The topological polar surface area (TPSA) is 38.4 Å². The molecular weight excluding hydrogens is 192 g/mol. The van der Waals surface area contributed by atoms with Gasteiger partial charge in [0.2, 0.25) is 0 Å². The number of nitrogens with two attached hydrogens (primary N) is 1. The highest BCUT2D eigenvalue weighted by atomic mass is 32.1. The molecule has 0 amide bonds. The van der Waals surface area contributed by atoms with Gasteiger partial charge in [0.15, 0.2) is 0 Å². The lowest BCUT2D eigenvalue weighted by molar-refractivity contribution is 0.573. The molecule has 0 rings (SSSR count). The molecule has 0 spiro atoms. The first-order valence-electron chi connectivity index (χ1n) is 5.25. The lowest BCUT2D eigenvalue weighted by Gasteiger charge is -2.17. The summed E-state index contributed by atoms with van der Waals surface area (Å²) in [5.41, 5.74) is 6.37. The van der Waals surface area contributed by atoms with Gasteiger partial charge in [-0.25, -0.2) is 0 Å². The molecule has 0 heterocycles. The number of nitrogens with zero attached hydrogens (tertiary/aromatic N) is 1. The van der Waals surface area contributed by atoms with Crippen LogP contribution in [0.15, 0.2) is 16.8 Å². The number of aliphatic imine (C=N–C) groups is 1. The Bertz CT molecular complexity index is 199. The predicted octanol–water partition coefficient (Wildman–Crippen LogP) is 2.80. The van der Waals surface area contributed by atoms with E-state index in [0.717, 1.165) is 24.8 Å². The van der Waals surface area contributed by atoms with Crippen molar-refractivity contribution in [2.24, 2.45) is 10.7 Å². The van der Waals surface area contributed by atoms with Gasteiger partial charge in [-0.05, 0) is 31.5 Å². The summed E-state index contributed by atoms with van der Waals surface area (Å²) in [7, 11) is 0. The van der Waals surface area contributed by atoms with E-state index in [0.29, 0.717) is 11.3 Å². The molecule has 82 valence electrons. The molecule has 0 aromatic rings. The summed E-state index contributed by atoms with van der Waals surface area (Å²) in [6.07, 6.45) is 6.71. The molecule has 0 saturated carbocycles. The van der Waals surface area contributed by atoms with Crippen molar-refractivity contribution in [1.82, 2.24) is 0 Å². The Morgan fingerprint density at radius 2 is 2.14 bits per heavy atom. The number of hydrogen-bond acceptors (Lipinski definition) is 3. The molecule has 3 heteroatoms. The van der Waals surface area contributed by atoms with Crippen LogP contribution in [0.25, 0.3) is 0 Å². The van der Waals surface area contributed by atoms with Crippen molar-refractivity contribution in [3.05, 3.63) is 11.8 Å². The molecule has 0 saturated heterocycles. The summed E-state index contributed by atoms with van der Waals surface area (Å²) in [5, 5.41) is 0.358. The quantitative estimate of drug-likeness (QED) is 0.518. The Hall–Kier alpha value is -0.440. The zero-order valence-electron chi connectivity index (χ0n) is 9.40. The van der Waals surface area contributed by atoms with E-state index in [-0.39, 0.29) is 0 Å². The van der Waals surface area contributed by atoms with E-state index in [1.165, 1.54) is 0 Å².